The van der Waals surface area contributed by atoms with Gasteiger partial charge in [0.25, 0.3) is 0 Å². The number of amides is 2. The number of ether oxygens (including phenoxy) is 2. The number of alkyl carbamates (subject to hydrolysis) is 1. The summed E-state index contributed by atoms with van der Waals surface area (Å²) in [6.45, 7) is 11.2. The summed E-state index contributed by atoms with van der Waals surface area (Å²) in [7, 11) is 2.99. The molecule has 26 heavy (non-hydrogen) atoms. The van der Waals surface area contributed by atoms with Gasteiger partial charge >= 0.3 is 12.1 Å². The summed E-state index contributed by atoms with van der Waals surface area (Å²) in [5.74, 6) is -0.574. The van der Waals surface area contributed by atoms with Crippen molar-refractivity contribution in [2.45, 2.75) is 53.3 Å². The van der Waals surface area contributed by atoms with E-state index < -0.39 is 23.8 Å². The molecule has 0 fully saturated rings. The highest BCUT2D eigenvalue weighted by Crippen LogP contribution is 2.25. The van der Waals surface area contributed by atoms with Gasteiger partial charge in [-0.15, -0.1) is 0 Å². The number of esters is 1. The third kappa shape index (κ3) is 6.78. The van der Waals surface area contributed by atoms with Crippen LogP contribution in [0.1, 0.15) is 41.5 Å². The van der Waals surface area contributed by atoms with Crippen LogP contribution in [0.2, 0.25) is 0 Å². The minimum Gasteiger partial charge on any atom is -0.466 e. The highest BCUT2D eigenvalue weighted by Gasteiger charge is 2.32. The van der Waals surface area contributed by atoms with E-state index in [-0.39, 0.29) is 12.1 Å². The van der Waals surface area contributed by atoms with Crippen molar-refractivity contribution in [3.8, 4) is 0 Å². The molecule has 1 atom stereocenters. The molecule has 8 heteroatoms. The van der Waals surface area contributed by atoms with E-state index in [2.05, 4.69) is 10.6 Å². The molecule has 0 saturated heterocycles. The van der Waals surface area contributed by atoms with Crippen molar-refractivity contribution in [1.29, 1.82) is 0 Å². The Labute approximate surface area is 155 Å². The van der Waals surface area contributed by atoms with Crippen LogP contribution >= 0.6 is 0 Å². The first-order chi connectivity index (χ1) is 12.1. The molecule has 0 aromatic carbocycles. The second kappa shape index (κ2) is 10.5. The smallest absolute Gasteiger partial charge is 0.407 e. The standard InChI is InChI=1S/C16H25N3O5.C2H6/c1-10-8-19(5)13(18-9-20)12(14(21)23-6)11(10)7-17-15(22)24-16(2,3)4;1-2/h8-9,13H,7H2,1-6H3,(H,17,22)(H,18,20);1-2H3. The van der Waals surface area contributed by atoms with Crippen LogP contribution in [0.15, 0.2) is 22.9 Å². The van der Waals surface area contributed by atoms with Gasteiger partial charge in [0.05, 0.1) is 12.7 Å². The maximum Gasteiger partial charge on any atom is 0.407 e. The lowest BCUT2D eigenvalue weighted by Crippen LogP contribution is -2.47. The van der Waals surface area contributed by atoms with E-state index in [0.29, 0.717) is 12.0 Å². The van der Waals surface area contributed by atoms with Gasteiger partial charge in [-0.2, -0.15) is 0 Å². The van der Waals surface area contributed by atoms with Crippen molar-refractivity contribution in [2.75, 3.05) is 20.7 Å². The summed E-state index contributed by atoms with van der Waals surface area (Å²) in [5, 5.41) is 5.20. The first-order valence-corrected chi connectivity index (χ1v) is 8.49. The predicted molar refractivity (Wildman–Crippen MR) is 99.1 cm³/mol. The van der Waals surface area contributed by atoms with E-state index in [0.717, 1.165) is 5.57 Å². The highest BCUT2D eigenvalue weighted by molar-refractivity contribution is 5.92. The minimum absolute atomic E-state index is 0.0759. The third-order valence-electron chi connectivity index (χ3n) is 3.32. The molecule has 148 valence electrons. The summed E-state index contributed by atoms with van der Waals surface area (Å²) in [6, 6.07) is 0. The molecule has 0 radical (unpaired) electrons. The number of rotatable bonds is 5. The first-order valence-electron chi connectivity index (χ1n) is 8.49. The van der Waals surface area contributed by atoms with E-state index in [4.69, 9.17) is 9.47 Å². The number of hydrogen-bond acceptors (Lipinski definition) is 6. The number of carbonyl (C=O) groups is 3. The van der Waals surface area contributed by atoms with Gasteiger partial charge in [-0.05, 0) is 38.8 Å². The van der Waals surface area contributed by atoms with Crippen LogP contribution < -0.4 is 10.6 Å². The Balaban J connectivity index is 0.00000301. The summed E-state index contributed by atoms with van der Waals surface area (Å²) in [6.07, 6.45) is 1.02. The predicted octanol–water partition coefficient (Wildman–Crippen LogP) is 1.93. The zero-order valence-corrected chi connectivity index (χ0v) is 16.9. The van der Waals surface area contributed by atoms with Gasteiger partial charge < -0.3 is 25.0 Å². The minimum atomic E-state index is -0.672. The van der Waals surface area contributed by atoms with Crippen LogP contribution in [0.4, 0.5) is 4.79 Å². The topological polar surface area (TPSA) is 97.0 Å². The van der Waals surface area contributed by atoms with Crippen molar-refractivity contribution in [3.05, 3.63) is 22.9 Å². The van der Waals surface area contributed by atoms with Crippen molar-refractivity contribution >= 4 is 18.5 Å². The summed E-state index contributed by atoms with van der Waals surface area (Å²) >= 11 is 0. The first kappa shape index (κ1) is 23.5. The van der Waals surface area contributed by atoms with Gasteiger partial charge in [0.1, 0.15) is 11.8 Å². The molecule has 1 unspecified atom stereocenters. The maximum absolute atomic E-state index is 12.2. The molecule has 8 nitrogen and oxygen atoms in total. The molecule has 0 aromatic rings. The Morgan fingerprint density at radius 3 is 2.35 bits per heavy atom. The van der Waals surface area contributed by atoms with E-state index >= 15 is 0 Å². The van der Waals surface area contributed by atoms with E-state index in [1.54, 1.807) is 38.9 Å². The Morgan fingerprint density at radius 1 is 1.31 bits per heavy atom. The molecule has 0 spiro atoms. The van der Waals surface area contributed by atoms with Gasteiger partial charge in [-0.25, -0.2) is 9.59 Å². The molecule has 0 bridgehead atoms. The molecule has 0 saturated carbocycles. The fraction of sp³-hybridized carbons (Fsp3) is 0.611. The number of carbonyl (C=O) groups excluding carboxylic acids is 3. The average Bonchev–Trinajstić information content (AvgIpc) is 2.55. The lowest BCUT2D eigenvalue weighted by atomic mass is 9.95. The molecular weight excluding hydrogens is 338 g/mol. The summed E-state index contributed by atoms with van der Waals surface area (Å²) in [4.78, 5) is 36.6. The van der Waals surface area contributed by atoms with Gasteiger partial charge in [0.15, 0.2) is 0 Å². The average molecular weight is 369 g/mol. The second-order valence-corrected chi connectivity index (χ2v) is 6.40. The number of methoxy groups -OCH3 is 1. The van der Waals surface area contributed by atoms with Gasteiger partial charge in [0, 0.05) is 19.8 Å². The normalized spacial score (nSPS) is 16.7. The van der Waals surface area contributed by atoms with Crippen LogP contribution in [-0.2, 0) is 19.1 Å². The molecule has 0 aliphatic carbocycles. The van der Waals surface area contributed by atoms with E-state index in [1.807, 2.05) is 20.8 Å². The summed E-state index contributed by atoms with van der Waals surface area (Å²) < 4.78 is 10.0. The Kier molecular flexibility index (Phi) is 9.46. The van der Waals surface area contributed by atoms with Crippen molar-refractivity contribution in [1.82, 2.24) is 15.5 Å². The fourth-order valence-electron chi connectivity index (χ4n) is 2.36. The number of hydrogen-bond donors (Lipinski definition) is 2. The molecule has 2 N–H and O–H groups in total. The Bertz CT molecular complexity index is 576. The molecule has 2 amide bonds. The second-order valence-electron chi connectivity index (χ2n) is 6.40. The number of likely N-dealkylation sites (N-methyl/N-ethyl adjacent to an activating group) is 1. The van der Waals surface area contributed by atoms with Crippen molar-refractivity contribution in [3.63, 3.8) is 0 Å². The van der Waals surface area contributed by atoms with E-state index in [9.17, 15) is 14.4 Å². The fourth-order valence-corrected chi connectivity index (χ4v) is 2.36. The van der Waals surface area contributed by atoms with Crippen LogP contribution in [0, 0.1) is 0 Å². The Morgan fingerprint density at radius 2 is 1.88 bits per heavy atom. The molecule has 1 aliphatic heterocycles. The SMILES string of the molecule is CC.COC(=O)C1=C(CNC(=O)OC(C)(C)C)C(C)=CN(C)C1NC=O. The maximum atomic E-state index is 12.2. The van der Waals surface area contributed by atoms with Crippen LogP contribution in [0.25, 0.3) is 0 Å². The largest absolute Gasteiger partial charge is 0.466 e. The molecule has 1 rings (SSSR count). The quantitative estimate of drug-likeness (QED) is 0.568. The Hall–Kier alpha value is -2.51. The lowest BCUT2D eigenvalue weighted by Gasteiger charge is -2.34. The van der Waals surface area contributed by atoms with Crippen LogP contribution in [-0.4, -0.2) is 55.8 Å². The van der Waals surface area contributed by atoms with Crippen molar-refractivity contribution < 1.29 is 23.9 Å². The van der Waals surface area contributed by atoms with Crippen LogP contribution in [0.5, 0.6) is 0 Å². The summed E-state index contributed by atoms with van der Waals surface area (Å²) in [5.41, 5.74) is 0.995. The van der Waals surface area contributed by atoms with Gasteiger partial charge in [-0.1, -0.05) is 13.8 Å². The third-order valence-corrected chi connectivity index (χ3v) is 3.32. The lowest BCUT2D eigenvalue weighted by molar-refractivity contribution is -0.137. The number of nitrogens with zero attached hydrogens (tertiary/aromatic N) is 1. The molecule has 1 aliphatic rings. The monoisotopic (exact) mass is 369 g/mol. The van der Waals surface area contributed by atoms with Gasteiger partial charge in [0.2, 0.25) is 6.41 Å². The van der Waals surface area contributed by atoms with E-state index in [1.165, 1.54) is 7.11 Å². The molecule has 0 aromatic heterocycles. The molecule has 1 heterocycles. The molecular formula is C18H31N3O5. The van der Waals surface area contributed by atoms with Crippen LogP contribution in [0.3, 0.4) is 0 Å². The number of nitrogens with one attached hydrogen (secondary N) is 2. The zero-order chi connectivity index (χ0) is 20.5. The zero-order valence-electron chi connectivity index (χ0n) is 16.9. The highest BCUT2D eigenvalue weighted by atomic mass is 16.6. The van der Waals surface area contributed by atoms with Gasteiger partial charge in [-0.3, -0.25) is 4.79 Å². The van der Waals surface area contributed by atoms with Crippen molar-refractivity contribution in [2.24, 2.45) is 0 Å².